The Kier molecular flexibility index (Phi) is 5.04. The molecule has 20 heavy (non-hydrogen) atoms. The summed E-state index contributed by atoms with van der Waals surface area (Å²) in [4.78, 5) is 0. The van der Waals surface area contributed by atoms with Crippen molar-refractivity contribution in [2.24, 2.45) is 7.05 Å². The van der Waals surface area contributed by atoms with E-state index in [2.05, 4.69) is 17.3 Å². The Morgan fingerprint density at radius 3 is 2.65 bits per heavy atom. The molecule has 0 saturated heterocycles. The smallest absolute Gasteiger partial charge is 0.0853 e. The lowest BCUT2D eigenvalue weighted by Crippen LogP contribution is -2.16. The lowest BCUT2D eigenvalue weighted by atomic mass is 10.1. The van der Waals surface area contributed by atoms with Gasteiger partial charge in [0.05, 0.1) is 24.0 Å². The Balaban J connectivity index is 2.22. The van der Waals surface area contributed by atoms with E-state index in [0.29, 0.717) is 6.61 Å². The first kappa shape index (κ1) is 14.9. The van der Waals surface area contributed by atoms with Crippen LogP contribution in [0.3, 0.4) is 0 Å². The first-order chi connectivity index (χ1) is 9.63. The van der Waals surface area contributed by atoms with Gasteiger partial charge in [-0.15, -0.1) is 0 Å². The largest absolute Gasteiger partial charge is 0.382 e. The summed E-state index contributed by atoms with van der Waals surface area (Å²) in [6.45, 7) is 2.68. The lowest BCUT2D eigenvalue weighted by molar-refractivity contribution is 0.186. The number of methoxy groups -OCH3 is 1. The van der Waals surface area contributed by atoms with Crippen molar-refractivity contribution in [3.8, 4) is 0 Å². The van der Waals surface area contributed by atoms with Gasteiger partial charge in [0, 0.05) is 25.4 Å². The van der Waals surface area contributed by atoms with Crippen LogP contribution in [0.15, 0.2) is 30.5 Å². The van der Waals surface area contributed by atoms with Crippen molar-refractivity contribution in [2.75, 3.05) is 19.0 Å². The summed E-state index contributed by atoms with van der Waals surface area (Å²) in [5.41, 5.74) is 3.25. The minimum Gasteiger partial charge on any atom is -0.382 e. The average molecular weight is 294 g/mol. The van der Waals surface area contributed by atoms with Crippen molar-refractivity contribution in [3.05, 3.63) is 46.7 Å². The van der Waals surface area contributed by atoms with E-state index in [9.17, 15) is 0 Å². The average Bonchev–Trinajstić information content (AvgIpc) is 2.79. The van der Waals surface area contributed by atoms with Crippen molar-refractivity contribution < 1.29 is 4.74 Å². The number of nitrogens with zero attached hydrogens (tertiary/aromatic N) is 2. The number of hydrogen-bond donors (Lipinski definition) is 1. The van der Waals surface area contributed by atoms with Crippen molar-refractivity contribution in [3.63, 3.8) is 0 Å². The quantitative estimate of drug-likeness (QED) is 0.887. The maximum atomic E-state index is 5.94. The van der Waals surface area contributed by atoms with E-state index in [0.717, 1.165) is 28.4 Å². The number of hydrogen-bond acceptors (Lipinski definition) is 3. The molecule has 1 aromatic heterocycles. The van der Waals surface area contributed by atoms with Crippen molar-refractivity contribution in [1.29, 1.82) is 0 Å². The summed E-state index contributed by atoms with van der Waals surface area (Å²) in [6, 6.07) is 7.89. The van der Waals surface area contributed by atoms with Crippen LogP contribution in [0.4, 0.5) is 5.69 Å². The molecule has 0 aliphatic carbocycles. The van der Waals surface area contributed by atoms with Gasteiger partial charge < -0.3 is 10.1 Å². The van der Waals surface area contributed by atoms with Crippen LogP contribution in [0.5, 0.6) is 0 Å². The van der Waals surface area contributed by atoms with Gasteiger partial charge in [-0.1, -0.05) is 30.7 Å². The molecule has 0 aliphatic rings. The van der Waals surface area contributed by atoms with E-state index in [1.165, 1.54) is 0 Å². The molecule has 0 saturated carbocycles. The minimum atomic E-state index is 0.0757. The number of benzene rings is 1. The highest BCUT2D eigenvalue weighted by Crippen LogP contribution is 2.24. The van der Waals surface area contributed by atoms with Crippen LogP contribution in [-0.2, 0) is 18.2 Å². The second kappa shape index (κ2) is 6.77. The van der Waals surface area contributed by atoms with Crippen molar-refractivity contribution >= 4 is 17.3 Å². The zero-order chi connectivity index (χ0) is 14.5. The number of ether oxygens (including phenoxy) is 1. The number of nitrogens with one attached hydrogen (secondary N) is 1. The van der Waals surface area contributed by atoms with Crippen molar-refractivity contribution in [1.82, 2.24) is 9.78 Å². The molecule has 1 atom stereocenters. The predicted molar refractivity (Wildman–Crippen MR) is 82.3 cm³/mol. The third-order valence-corrected chi connectivity index (χ3v) is 3.43. The molecule has 2 rings (SSSR count). The van der Waals surface area contributed by atoms with Crippen LogP contribution in [0.1, 0.15) is 24.2 Å². The maximum Gasteiger partial charge on any atom is 0.0853 e. The third-order valence-electron chi connectivity index (χ3n) is 3.18. The van der Waals surface area contributed by atoms with Gasteiger partial charge in [-0.3, -0.25) is 4.68 Å². The Morgan fingerprint density at radius 2 is 2.05 bits per heavy atom. The van der Waals surface area contributed by atoms with Gasteiger partial charge >= 0.3 is 0 Å². The summed E-state index contributed by atoms with van der Waals surface area (Å²) in [5.74, 6) is 0. The highest BCUT2D eigenvalue weighted by Gasteiger charge is 2.14. The third kappa shape index (κ3) is 3.52. The van der Waals surface area contributed by atoms with Gasteiger partial charge in [0.15, 0.2) is 0 Å². The molecule has 0 bridgehead atoms. The Morgan fingerprint density at radius 1 is 1.35 bits per heavy atom. The first-order valence-electron chi connectivity index (χ1n) is 6.67. The summed E-state index contributed by atoms with van der Waals surface area (Å²) in [7, 11) is 3.63. The van der Waals surface area contributed by atoms with Crippen LogP contribution < -0.4 is 5.32 Å². The number of rotatable bonds is 6. The Bertz CT molecular complexity index is 551. The van der Waals surface area contributed by atoms with Gasteiger partial charge in [-0.2, -0.15) is 5.10 Å². The summed E-state index contributed by atoms with van der Waals surface area (Å²) in [6.07, 6.45) is 2.89. The normalized spacial score (nSPS) is 12.4. The van der Waals surface area contributed by atoms with E-state index >= 15 is 0 Å². The van der Waals surface area contributed by atoms with E-state index in [1.54, 1.807) is 7.11 Å². The molecule has 0 spiro atoms. The SMILES string of the molecule is CCc1nn(C)cc1NC(COC)c1ccc(Cl)cc1. The molecule has 0 aliphatic heterocycles. The highest BCUT2D eigenvalue weighted by molar-refractivity contribution is 6.30. The number of anilines is 1. The number of halogens is 1. The van der Waals surface area contributed by atoms with Gasteiger partial charge in [0.1, 0.15) is 0 Å². The second-order valence-corrected chi connectivity index (χ2v) is 5.16. The first-order valence-corrected chi connectivity index (χ1v) is 7.05. The summed E-state index contributed by atoms with van der Waals surface area (Å²) < 4.78 is 7.14. The molecule has 4 nitrogen and oxygen atoms in total. The van der Waals surface area contributed by atoms with E-state index in [-0.39, 0.29) is 6.04 Å². The van der Waals surface area contributed by atoms with E-state index < -0.39 is 0 Å². The maximum absolute atomic E-state index is 5.94. The highest BCUT2D eigenvalue weighted by atomic mass is 35.5. The van der Waals surface area contributed by atoms with E-state index in [4.69, 9.17) is 16.3 Å². The number of aromatic nitrogens is 2. The fourth-order valence-corrected chi connectivity index (χ4v) is 2.31. The van der Waals surface area contributed by atoms with Gasteiger partial charge in [-0.25, -0.2) is 0 Å². The van der Waals surface area contributed by atoms with Crippen molar-refractivity contribution in [2.45, 2.75) is 19.4 Å². The van der Waals surface area contributed by atoms with Crippen LogP contribution in [0, 0.1) is 0 Å². The molecule has 0 fully saturated rings. The molecule has 1 unspecified atom stereocenters. The molecule has 0 radical (unpaired) electrons. The molecule has 1 heterocycles. The molecular weight excluding hydrogens is 274 g/mol. The molecule has 2 aromatic rings. The molecule has 5 heteroatoms. The zero-order valence-electron chi connectivity index (χ0n) is 12.1. The standard InChI is InChI=1S/C15H20ClN3O/c1-4-13-14(9-19(2)18-13)17-15(10-20-3)11-5-7-12(16)8-6-11/h5-9,15,17H,4,10H2,1-3H3. The van der Waals surface area contributed by atoms with Crippen LogP contribution in [-0.4, -0.2) is 23.5 Å². The lowest BCUT2D eigenvalue weighted by Gasteiger charge is -2.19. The second-order valence-electron chi connectivity index (χ2n) is 4.72. The van der Waals surface area contributed by atoms with Crippen LogP contribution >= 0.6 is 11.6 Å². The van der Waals surface area contributed by atoms with E-state index in [1.807, 2.05) is 42.2 Å². The molecule has 0 amide bonds. The molecule has 108 valence electrons. The summed E-state index contributed by atoms with van der Waals surface area (Å²) >= 11 is 5.94. The zero-order valence-corrected chi connectivity index (χ0v) is 12.8. The van der Waals surface area contributed by atoms with Crippen LogP contribution in [0.2, 0.25) is 5.02 Å². The van der Waals surface area contributed by atoms with Crippen LogP contribution in [0.25, 0.3) is 0 Å². The predicted octanol–water partition coefficient (Wildman–Crippen LogP) is 3.44. The fraction of sp³-hybridized carbons (Fsp3) is 0.400. The monoisotopic (exact) mass is 293 g/mol. The molecular formula is C15H20ClN3O. The Hall–Kier alpha value is -1.52. The minimum absolute atomic E-state index is 0.0757. The summed E-state index contributed by atoms with van der Waals surface area (Å²) in [5, 5.41) is 8.68. The van der Waals surface area contributed by atoms with Gasteiger partial charge in [-0.05, 0) is 24.1 Å². The Labute approximate surface area is 124 Å². The van der Waals surface area contributed by atoms with Gasteiger partial charge in [0.25, 0.3) is 0 Å². The molecule has 1 aromatic carbocycles. The number of aryl methyl sites for hydroxylation is 2. The van der Waals surface area contributed by atoms with Gasteiger partial charge in [0.2, 0.25) is 0 Å². The fourth-order valence-electron chi connectivity index (χ4n) is 2.19. The molecule has 1 N–H and O–H groups in total. The topological polar surface area (TPSA) is 39.1 Å².